The Morgan fingerprint density at radius 3 is 2.68 bits per heavy atom. The second-order valence-corrected chi connectivity index (χ2v) is 4.68. The van der Waals surface area contributed by atoms with Gasteiger partial charge in [-0.15, -0.1) is 11.3 Å². The van der Waals surface area contributed by atoms with Gasteiger partial charge in [0.2, 0.25) is 0 Å². The van der Waals surface area contributed by atoms with Crippen LogP contribution in [0.5, 0.6) is 0 Å². The van der Waals surface area contributed by atoms with Crippen LogP contribution in [0.15, 0.2) is 35.8 Å². The molecule has 0 bridgehead atoms. The van der Waals surface area contributed by atoms with Crippen molar-refractivity contribution in [2.45, 2.75) is 13.5 Å². The van der Waals surface area contributed by atoms with Gasteiger partial charge in [-0.2, -0.15) is 0 Å². The van der Waals surface area contributed by atoms with Gasteiger partial charge in [-0.1, -0.05) is 0 Å². The molecule has 19 heavy (non-hydrogen) atoms. The molecule has 2 aromatic rings. The Labute approximate surface area is 115 Å². The first kappa shape index (κ1) is 13.4. The molecule has 0 unspecified atom stereocenters. The van der Waals surface area contributed by atoms with Crippen LogP contribution in [0, 0.1) is 0 Å². The Morgan fingerprint density at radius 1 is 1.32 bits per heavy atom. The van der Waals surface area contributed by atoms with Crippen molar-refractivity contribution in [3.05, 3.63) is 40.8 Å². The van der Waals surface area contributed by atoms with E-state index in [9.17, 15) is 4.79 Å². The molecule has 1 aromatic heterocycles. The topological polar surface area (TPSA) is 63.2 Å². The van der Waals surface area contributed by atoms with Gasteiger partial charge < -0.3 is 10.1 Å². The van der Waals surface area contributed by atoms with E-state index in [1.165, 1.54) is 0 Å². The maximum atomic E-state index is 11.2. The number of rotatable bonds is 5. The highest BCUT2D eigenvalue weighted by atomic mass is 32.1. The molecule has 0 atom stereocenters. The number of benzene rings is 1. The lowest BCUT2D eigenvalue weighted by Crippen LogP contribution is -2.13. The van der Waals surface area contributed by atoms with Crippen LogP contribution in [-0.4, -0.2) is 17.7 Å². The highest BCUT2D eigenvalue weighted by Crippen LogP contribution is 2.15. The fourth-order valence-corrected chi connectivity index (χ4v) is 2.03. The third-order valence-corrected chi connectivity index (χ3v) is 3.11. The monoisotopic (exact) mass is 277 g/mol. The number of thiazole rings is 1. The minimum Gasteiger partial charge on any atom is -0.450 e. The number of nitrogens with one attached hydrogen (secondary N) is 2. The Morgan fingerprint density at radius 2 is 2.05 bits per heavy atom. The molecule has 0 saturated carbocycles. The molecule has 1 aromatic carbocycles. The number of nitrogens with zero attached hydrogens (tertiary/aromatic N) is 1. The van der Waals surface area contributed by atoms with E-state index in [1.54, 1.807) is 24.5 Å². The summed E-state index contributed by atoms with van der Waals surface area (Å²) >= 11 is 1.61. The molecule has 1 amide bonds. The zero-order chi connectivity index (χ0) is 13.5. The summed E-state index contributed by atoms with van der Waals surface area (Å²) in [7, 11) is 0. The third-order valence-electron chi connectivity index (χ3n) is 2.33. The van der Waals surface area contributed by atoms with Gasteiger partial charge in [-0.05, 0) is 31.2 Å². The van der Waals surface area contributed by atoms with Crippen LogP contribution in [0.3, 0.4) is 0 Å². The molecule has 0 spiro atoms. The van der Waals surface area contributed by atoms with Crippen LogP contribution in [-0.2, 0) is 11.3 Å². The number of hydrogen-bond acceptors (Lipinski definition) is 5. The van der Waals surface area contributed by atoms with E-state index >= 15 is 0 Å². The summed E-state index contributed by atoms with van der Waals surface area (Å²) in [6.45, 7) is 2.83. The van der Waals surface area contributed by atoms with Crippen molar-refractivity contribution >= 4 is 28.8 Å². The maximum absolute atomic E-state index is 11.2. The lowest BCUT2D eigenvalue weighted by atomic mass is 10.3. The van der Waals surface area contributed by atoms with E-state index in [1.807, 2.05) is 29.6 Å². The van der Waals surface area contributed by atoms with Gasteiger partial charge in [0.25, 0.3) is 0 Å². The summed E-state index contributed by atoms with van der Waals surface area (Å²) in [6, 6.07) is 7.44. The van der Waals surface area contributed by atoms with Gasteiger partial charge in [0.15, 0.2) is 0 Å². The van der Waals surface area contributed by atoms with E-state index in [-0.39, 0.29) is 0 Å². The van der Waals surface area contributed by atoms with Crippen molar-refractivity contribution in [2.75, 3.05) is 17.2 Å². The highest BCUT2D eigenvalue weighted by molar-refractivity contribution is 7.09. The molecule has 5 nitrogen and oxygen atoms in total. The molecule has 0 aliphatic heterocycles. The van der Waals surface area contributed by atoms with Crippen molar-refractivity contribution in [1.29, 1.82) is 0 Å². The average molecular weight is 277 g/mol. The molecule has 0 aliphatic carbocycles. The van der Waals surface area contributed by atoms with E-state index in [0.717, 1.165) is 10.7 Å². The first-order valence-corrected chi connectivity index (χ1v) is 6.82. The van der Waals surface area contributed by atoms with Gasteiger partial charge in [0.1, 0.15) is 5.01 Å². The summed E-state index contributed by atoms with van der Waals surface area (Å²) in [4.78, 5) is 15.4. The van der Waals surface area contributed by atoms with Crippen LogP contribution in [0.2, 0.25) is 0 Å². The van der Waals surface area contributed by atoms with Crippen LogP contribution >= 0.6 is 11.3 Å². The standard InChI is InChI=1S/C13H15N3O2S/c1-2-18-13(17)16-11-5-3-10(4-6-11)15-9-12-14-7-8-19-12/h3-8,15H,2,9H2,1H3,(H,16,17). The quantitative estimate of drug-likeness (QED) is 0.880. The molecule has 2 N–H and O–H groups in total. The fraction of sp³-hybridized carbons (Fsp3) is 0.231. The number of anilines is 2. The minimum atomic E-state index is -0.439. The molecular formula is C13H15N3O2S. The molecule has 0 fully saturated rings. The number of carbonyl (C=O) groups excluding carboxylic acids is 1. The smallest absolute Gasteiger partial charge is 0.411 e. The molecule has 2 rings (SSSR count). The van der Waals surface area contributed by atoms with E-state index in [0.29, 0.717) is 18.8 Å². The Hall–Kier alpha value is -2.08. The molecule has 0 radical (unpaired) electrons. The molecule has 0 aliphatic rings. The first-order chi connectivity index (χ1) is 9.28. The number of hydrogen-bond donors (Lipinski definition) is 2. The summed E-state index contributed by atoms with van der Waals surface area (Å²) in [5, 5.41) is 8.88. The number of amides is 1. The van der Waals surface area contributed by atoms with Crippen LogP contribution < -0.4 is 10.6 Å². The number of carbonyl (C=O) groups is 1. The molecule has 6 heteroatoms. The lowest BCUT2D eigenvalue weighted by Gasteiger charge is -2.07. The molecule has 100 valence electrons. The van der Waals surface area contributed by atoms with Gasteiger partial charge in [-0.25, -0.2) is 9.78 Å². The van der Waals surface area contributed by atoms with Gasteiger partial charge in [0.05, 0.1) is 13.2 Å². The molecule has 1 heterocycles. The Kier molecular flexibility index (Phi) is 4.74. The maximum Gasteiger partial charge on any atom is 0.411 e. The van der Waals surface area contributed by atoms with Crippen molar-refractivity contribution in [3.63, 3.8) is 0 Å². The zero-order valence-electron chi connectivity index (χ0n) is 10.6. The SMILES string of the molecule is CCOC(=O)Nc1ccc(NCc2nccs2)cc1. The van der Waals surface area contributed by atoms with Gasteiger partial charge >= 0.3 is 6.09 Å². The van der Waals surface area contributed by atoms with E-state index in [2.05, 4.69) is 15.6 Å². The first-order valence-electron chi connectivity index (χ1n) is 5.94. The van der Waals surface area contributed by atoms with Crippen LogP contribution in [0.1, 0.15) is 11.9 Å². The van der Waals surface area contributed by atoms with Crippen molar-refractivity contribution in [3.8, 4) is 0 Å². The fourth-order valence-electron chi connectivity index (χ4n) is 1.47. The van der Waals surface area contributed by atoms with Crippen molar-refractivity contribution < 1.29 is 9.53 Å². The van der Waals surface area contributed by atoms with E-state index < -0.39 is 6.09 Å². The summed E-state index contributed by atoms with van der Waals surface area (Å²) < 4.78 is 4.80. The van der Waals surface area contributed by atoms with Crippen LogP contribution in [0.25, 0.3) is 0 Å². The third kappa shape index (κ3) is 4.26. The number of ether oxygens (including phenoxy) is 1. The van der Waals surface area contributed by atoms with E-state index in [4.69, 9.17) is 4.74 Å². The lowest BCUT2D eigenvalue weighted by molar-refractivity contribution is 0.168. The van der Waals surface area contributed by atoms with Gasteiger partial charge in [-0.3, -0.25) is 5.32 Å². The van der Waals surface area contributed by atoms with Crippen molar-refractivity contribution in [1.82, 2.24) is 4.98 Å². The summed E-state index contributed by atoms with van der Waals surface area (Å²) in [5.41, 5.74) is 1.68. The number of aromatic nitrogens is 1. The second kappa shape index (κ2) is 6.75. The predicted molar refractivity (Wildman–Crippen MR) is 76.5 cm³/mol. The Balaban J connectivity index is 1.85. The summed E-state index contributed by atoms with van der Waals surface area (Å²) in [5.74, 6) is 0. The van der Waals surface area contributed by atoms with Crippen molar-refractivity contribution in [2.24, 2.45) is 0 Å². The zero-order valence-corrected chi connectivity index (χ0v) is 11.4. The normalized spacial score (nSPS) is 9.95. The Bertz CT molecular complexity index is 511. The highest BCUT2D eigenvalue weighted by Gasteiger charge is 2.01. The largest absolute Gasteiger partial charge is 0.450 e. The van der Waals surface area contributed by atoms with Crippen LogP contribution in [0.4, 0.5) is 16.2 Å². The molecular weight excluding hydrogens is 262 g/mol. The predicted octanol–water partition coefficient (Wildman–Crippen LogP) is 3.32. The minimum absolute atomic E-state index is 0.360. The molecule has 0 saturated heterocycles. The second-order valence-electron chi connectivity index (χ2n) is 3.70. The summed E-state index contributed by atoms with van der Waals surface area (Å²) in [6.07, 6.45) is 1.35. The average Bonchev–Trinajstić information content (AvgIpc) is 2.91. The van der Waals surface area contributed by atoms with Gasteiger partial charge in [0, 0.05) is 23.0 Å².